The van der Waals surface area contributed by atoms with Crippen LogP contribution in [0.15, 0.2) is 54.6 Å². The van der Waals surface area contributed by atoms with Crippen LogP contribution >= 0.6 is 0 Å². The number of aryl methyl sites for hydroxylation is 1. The Morgan fingerprint density at radius 1 is 1.08 bits per heavy atom. The SMILES string of the molecule is Cc1nn(-c2ccccc2)nc1CN(C)c1ccc(C(=O)O)cc1. The van der Waals surface area contributed by atoms with Gasteiger partial charge in [-0.05, 0) is 43.3 Å². The third-order valence-corrected chi connectivity index (χ3v) is 3.81. The van der Waals surface area contributed by atoms with Gasteiger partial charge in [0.25, 0.3) is 0 Å². The van der Waals surface area contributed by atoms with Crippen LogP contribution in [-0.2, 0) is 6.54 Å². The van der Waals surface area contributed by atoms with Crippen molar-refractivity contribution < 1.29 is 9.90 Å². The van der Waals surface area contributed by atoms with Crippen LogP contribution in [0.25, 0.3) is 5.69 Å². The number of carboxylic acids is 1. The van der Waals surface area contributed by atoms with Crippen LogP contribution in [0.2, 0.25) is 0 Å². The van der Waals surface area contributed by atoms with Gasteiger partial charge in [0.05, 0.1) is 23.5 Å². The van der Waals surface area contributed by atoms with Crippen molar-refractivity contribution in [2.24, 2.45) is 0 Å². The van der Waals surface area contributed by atoms with Gasteiger partial charge < -0.3 is 10.0 Å². The molecule has 2 aromatic carbocycles. The molecule has 3 aromatic rings. The Bertz CT molecular complexity index is 841. The minimum absolute atomic E-state index is 0.276. The smallest absolute Gasteiger partial charge is 0.335 e. The van der Waals surface area contributed by atoms with Crippen molar-refractivity contribution in [1.29, 1.82) is 0 Å². The maximum Gasteiger partial charge on any atom is 0.335 e. The molecule has 1 N–H and O–H groups in total. The van der Waals surface area contributed by atoms with E-state index in [1.165, 1.54) is 0 Å². The summed E-state index contributed by atoms with van der Waals surface area (Å²) in [5.74, 6) is -0.925. The predicted molar refractivity (Wildman–Crippen MR) is 91.6 cm³/mol. The number of carboxylic acid groups (broad SMARTS) is 1. The van der Waals surface area contributed by atoms with Crippen LogP contribution in [-0.4, -0.2) is 33.1 Å². The number of aromatic carboxylic acids is 1. The van der Waals surface area contributed by atoms with Gasteiger partial charge in [-0.3, -0.25) is 0 Å². The van der Waals surface area contributed by atoms with Crippen LogP contribution in [0.1, 0.15) is 21.7 Å². The molecule has 3 rings (SSSR count). The highest BCUT2D eigenvalue weighted by atomic mass is 16.4. The first-order chi connectivity index (χ1) is 11.5. The Hall–Kier alpha value is -3.15. The number of rotatable bonds is 5. The van der Waals surface area contributed by atoms with E-state index in [9.17, 15) is 4.79 Å². The van der Waals surface area contributed by atoms with E-state index in [2.05, 4.69) is 10.2 Å². The molecule has 0 aliphatic carbocycles. The van der Waals surface area contributed by atoms with Crippen molar-refractivity contribution in [2.75, 3.05) is 11.9 Å². The van der Waals surface area contributed by atoms with Gasteiger partial charge in [-0.1, -0.05) is 18.2 Å². The Labute approximate surface area is 140 Å². The van der Waals surface area contributed by atoms with Crippen molar-refractivity contribution in [2.45, 2.75) is 13.5 Å². The first-order valence-corrected chi connectivity index (χ1v) is 7.57. The molecule has 0 spiro atoms. The summed E-state index contributed by atoms with van der Waals surface area (Å²) < 4.78 is 0. The Kier molecular flexibility index (Phi) is 4.29. The molecule has 6 heteroatoms. The number of para-hydroxylation sites is 1. The first kappa shape index (κ1) is 15.7. The monoisotopic (exact) mass is 322 g/mol. The molecule has 0 aliphatic rings. The highest BCUT2D eigenvalue weighted by molar-refractivity contribution is 5.88. The maximum atomic E-state index is 10.9. The standard InChI is InChI=1S/C18H18N4O2/c1-13-17(20-22(19-13)16-6-4-3-5-7-16)12-21(2)15-10-8-14(9-11-15)18(23)24/h3-11H,12H2,1-2H3,(H,23,24). The highest BCUT2D eigenvalue weighted by Gasteiger charge is 2.12. The summed E-state index contributed by atoms with van der Waals surface area (Å²) in [6.07, 6.45) is 0. The zero-order chi connectivity index (χ0) is 17.1. The molecule has 0 saturated carbocycles. The van der Waals surface area contributed by atoms with Gasteiger partial charge in [-0.25, -0.2) is 4.79 Å². The van der Waals surface area contributed by atoms with Crippen molar-refractivity contribution in [3.05, 3.63) is 71.5 Å². The second-order valence-electron chi connectivity index (χ2n) is 5.57. The average Bonchev–Trinajstić information content (AvgIpc) is 2.96. The third-order valence-electron chi connectivity index (χ3n) is 3.81. The third kappa shape index (κ3) is 3.27. The summed E-state index contributed by atoms with van der Waals surface area (Å²) in [5.41, 5.74) is 3.86. The zero-order valence-corrected chi connectivity index (χ0v) is 13.5. The second-order valence-corrected chi connectivity index (χ2v) is 5.57. The molecule has 6 nitrogen and oxygen atoms in total. The number of nitrogens with zero attached hydrogens (tertiary/aromatic N) is 4. The fourth-order valence-corrected chi connectivity index (χ4v) is 2.41. The first-order valence-electron chi connectivity index (χ1n) is 7.57. The van der Waals surface area contributed by atoms with Crippen molar-refractivity contribution in [1.82, 2.24) is 15.0 Å². The van der Waals surface area contributed by atoms with E-state index in [0.717, 1.165) is 22.8 Å². The normalized spacial score (nSPS) is 10.6. The van der Waals surface area contributed by atoms with Gasteiger partial charge in [0.15, 0.2) is 0 Å². The molecule has 122 valence electrons. The Balaban J connectivity index is 1.78. The van der Waals surface area contributed by atoms with Crippen LogP contribution < -0.4 is 4.90 Å². The van der Waals surface area contributed by atoms with Gasteiger partial charge in [0.2, 0.25) is 0 Å². The average molecular weight is 322 g/mol. The van der Waals surface area contributed by atoms with Crippen LogP contribution in [0.4, 0.5) is 5.69 Å². The van der Waals surface area contributed by atoms with Crippen LogP contribution in [0.5, 0.6) is 0 Å². The second kappa shape index (κ2) is 6.54. The maximum absolute atomic E-state index is 10.9. The molecule has 0 radical (unpaired) electrons. The summed E-state index contributed by atoms with van der Waals surface area (Å²) in [5, 5.41) is 18.0. The quantitative estimate of drug-likeness (QED) is 0.782. The number of aromatic nitrogens is 3. The summed E-state index contributed by atoms with van der Waals surface area (Å²) in [4.78, 5) is 14.6. The molecule has 1 aromatic heterocycles. The fourth-order valence-electron chi connectivity index (χ4n) is 2.41. The van der Waals surface area contributed by atoms with E-state index < -0.39 is 5.97 Å². The summed E-state index contributed by atoms with van der Waals surface area (Å²) >= 11 is 0. The molecule has 1 heterocycles. The molecular weight excluding hydrogens is 304 g/mol. The lowest BCUT2D eigenvalue weighted by Crippen LogP contribution is -2.17. The van der Waals surface area contributed by atoms with Crippen LogP contribution in [0.3, 0.4) is 0 Å². The summed E-state index contributed by atoms with van der Waals surface area (Å²) in [6.45, 7) is 2.52. The Morgan fingerprint density at radius 3 is 2.38 bits per heavy atom. The molecule has 0 fully saturated rings. The van der Waals surface area contributed by atoms with Gasteiger partial charge in [-0.2, -0.15) is 15.0 Å². The van der Waals surface area contributed by atoms with E-state index in [4.69, 9.17) is 5.11 Å². The number of hydrogen-bond donors (Lipinski definition) is 1. The number of anilines is 1. The van der Waals surface area contributed by atoms with Gasteiger partial charge >= 0.3 is 5.97 Å². The fraction of sp³-hybridized carbons (Fsp3) is 0.167. The minimum atomic E-state index is -0.925. The zero-order valence-electron chi connectivity index (χ0n) is 13.5. The molecule has 0 saturated heterocycles. The lowest BCUT2D eigenvalue weighted by Gasteiger charge is -2.18. The number of benzene rings is 2. The summed E-state index contributed by atoms with van der Waals surface area (Å²) in [6, 6.07) is 16.5. The molecule has 0 aliphatic heterocycles. The topological polar surface area (TPSA) is 71.2 Å². The predicted octanol–water partition coefficient (Wildman–Crippen LogP) is 2.91. The van der Waals surface area contributed by atoms with Gasteiger partial charge in [0.1, 0.15) is 5.69 Å². The summed E-state index contributed by atoms with van der Waals surface area (Å²) in [7, 11) is 1.94. The van der Waals surface area contributed by atoms with Crippen LogP contribution in [0, 0.1) is 6.92 Å². The van der Waals surface area contributed by atoms with E-state index in [-0.39, 0.29) is 5.56 Å². The lowest BCUT2D eigenvalue weighted by molar-refractivity contribution is 0.0697. The van der Waals surface area contributed by atoms with E-state index in [1.807, 2.05) is 49.2 Å². The van der Waals surface area contributed by atoms with E-state index in [0.29, 0.717) is 6.54 Å². The Morgan fingerprint density at radius 2 is 1.75 bits per heavy atom. The van der Waals surface area contributed by atoms with Crippen molar-refractivity contribution >= 4 is 11.7 Å². The van der Waals surface area contributed by atoms with Crippen molar-refractivity contribution in [3.63, 3.8) is 0 Å². The van der Waals surface area contributed by atoms with E-state index in [1.54, 1.807) is 29.1 Å². The van der Waals surface area contributed by atoms with E-state index >= 15 is 0 Å². The number of hydrogen-bond acceptors (Lipinski definition) is 4. The highest BCUT2D eigenvalue weighted by Crippen LogP contribution is 2.17. The molecule has 0 unspecified atom stereocenters. The minimum Gasteiger partial charge on any atom is -0.478 e. The number of carbonyl (C=O) groups is 1. The molecule has 0 bridgehead atoms. The van der Waals surface area contributed by atoms with Crippen molar-refractivity contribution in [3.8, 4) is 5.69 Å². The largest absolute Gasteiger partial charge is 0.478 e. The van der Waals surface area contributed by atoms with Gasteiger partial charge in [-0.15, -0.1) is 0 Å². The molecular formula is C18H18N4O2. The molecule has 24 heavy (non-hydrogen) atoms. The molecule has 0 atom stereocenters. The lowest BCUT2D eigenvalue weighted by atomic mass is 10.2. The van der Waals surface area contributed by atoms with Gasteiger partial charge in [0, 0.05) is 12.7 Å². The molecule has 0 amide bonds.